The molecule has 0 bridgehead atoms. The molecule has 1 unspecified atom stereocenters. The smallest absolute Gasteiger partial charge is 0.417 e. The molecular weight excluding hydrogens is 525 g/mol. The maximum atomic E-state index is 14.7. The van der Waals surface area contributed by atoms with Crippen molar-refractivity contribution in [3.63, 3.8) is 0 Å². The Balaban J connectivity index is 1.33. The van der Waals surface area contributed by atoms with E-state index >= 15 is 0 Å². The number of hydrogen-bond donors (Lipinski definition) is 0. The van der Waals surface area contributed by atoms with Crippen molar-refractivity contribution in [3.05, 3.63) is 74.7 Å². The Kier molecular flexibility index (Phi) is 6.71. The van der Waals surface area contributed by atoms with Crippen LogP contribution in [0.25, 0.3) is 0 Å². The van der Waals surface area contributed by atoms with E-state index in [0.717, 1.165) is 30.7 Å². The zero-order valence-corrected chi connectivity index (χ0v) is 19.8. The van der Waals surface area contributed by atoms with E-state index in [2.05, 4.69) is 9.88 Å². The first kappa shape index (κ1) is 25.3. The fourth-order valence-electron chi connectivity index (χ4n) is 4.32. The minimum Gasteiger partial charge on any atom is -0.473 e. The van der Waals surface area contributed by atoms with Gasteiger partial charge in [0.05, 0.1) is 29.8 Å². The number of alkyl halides is 3. The van der Waals surface area contributed by atoms with Crippen molar-refractivity contribution in [1.82, 2.24) is 9.55 Å². The second-order valence-corrected chi connectivity index (χ2v) is 8.92. The van der Waals surface area contributed by atoms with Gasteiger partial charge in [-0.25, -0.2) is 13.6 Å². The quantitative estimate of drug-likeness (QED) is 0.414. The molecule has 5 rings (SSSR count). The van der Waals surface area contributed by atoms with E-state index in [-0.39, 0.29) is 24.1 Å². The highest BCUT2D eigenvalue weighted by Gasteiger charge is 2.34. The summed E-state index contributed by atoms with van der Waals surface area (Å²) in [5, 5.41) is -0.576. The number of benzene rings is 2. The van der Waals surface area contributed by atoms with E-state index in [4.69, 9.17) is 25.8 Å². The molecular formula is C24H19ClF5N3O4. The lowest BCUT2D eigenvalue weighted by molar-refractivity contribution is -0.137. The lowest BCUT2D eigenvalue weighted by Gasteiger charge is -2.41. The molecule has 2 aliphatic rings. The lowest BCUT2D eigenvalue weighted by atomic mass is 10.1. The molecule has 0 amide bonds. The van der Waals surface area contributed by atoms with Crippen molar-refractivity contribution >= 4 is 17.4 Å². The minimum atomic E-state index is -4.77. The average molecular weight is 544 g/mol. The Labute approximate surface area is 211 Å². The molecule has 196 valence electrons. The van der Waals surface area contributed by atoms with Crippen molar-refractivity contribution < 1.29 is 36.2 Å². The average Bonchev–Trinajstić information content (AvgIpc) is 2.85. The predicted octanol–water partition coefficient (Wildman–Crippen LogP) is 5.17. The van der Waals surface area contributed by atoms with E-state index in [0.29, 0.717) is 38.2 Å². The maximum Gasteiger partial charge on any atom is 0.417 e. The summed E-state index contributed by atoms with van der Waals surface area (Å²) < 4.78 is 86.2. The first-order chi connectivity index (χ1) is 17.6. The molecule has 13 heteroatoms. The summed E-state index contributed by atoms with van der Waals surface area (Å²) in [6, 6.07) is 6.11. The highest BCUT2D eigenvalue weighted by molar-refractivity contribution is 6.31. The molecule has 0 spiro atoms. The Morgan fingerprint density at radius 3 is 2.59 bits per heavy atom. The third-order valence-electron chi connectivity index (χ3n) is 6.08. The van der Waals surface area contributed by atoms with E-state index in [1.54, 1.807) is 10.6 Å². The van der Waals surface area contributed by atoms with Gasteiger partial charge in [0.2, 0.25) is 5.88 Å². The molecule has 0 radical (unpaired) electrons. The van der Waals surface area contributed by atoms with Crippen LogP contribution in [-0.2, 0) is 24.1 Å². The molecule has 0 saturated carbocycles. The van der Waals surface area contributed by atoms with Crippen LogP contribution in [0.1, 0.15) is 17.5 Å². The zero-order valence-electron chi connectivity index (χ0n) is 19.0. The number of aromatic nitrogens is 2. The van der Waals surface area contributed by atoms with Gasteiger partial charge in [0.15, 0.2) is 17.4 Å². The molecule has 1 atom stereocenters. The predicted molar refractivity (Wildman–Crippen MR) is 122 cm³/mol. The SMILES string of the molecule is O=c1nc(OCc2cc(F)c(Oc3ccc(Cl)c(C(F)(F)F)c3)c(F)c2)cc2n1CCC1COCCN21. The van der Waals surface area contributed by atoms with Gasteiger partial charge in [-0.15, -0.1) is 0 Å². The zero-order chi connectivity index (χ0) is 26.3. The first-order valence-corrected chi connectivity index (χ1v) is 11.6. The molecule has 1 aromatic heterocycles. The third-order valence-corrected chi connectivity index (χ3v) is 6.41. The van der Waals surface area contributed by atoms with Crippen LogP contribution in [0.5, 0.6) is 17.4 Å². The molecule has 3 heterocycles. The van der Waals surface area contributed by atoms with Crippen molar-refractivity contribution in [1.29, 1.82) is 0 Å². The summed E-state index contributed by atoms with van der Waals surface area (Å²) in [6.45, 7) is 1.83. The molecule has 0 aliphatic carbocycles. The van der Waals surface area contributed by atoms with Crippen LogP contribution < -0.4 is 20.1 Å². The number of hydrogen-bond acceptors (Lipinski definition) is 6. The Morgan fingerprint density at radius 1 is 1.11 bits per heavy atom. The van der Waals surface area contributed by atoms with Gasteiger partial charge in [0.1, 0.15) is 18.2 Å². The fourth-order valence-corrected chi connectivity index (χ4v) is 4.55. The first-order valence-electron chi connectivity index (χ1n) is 11.2. The van der Waals surface area contributed by atoms with Crippen molar-refractivity contribution in [3.8, 4) is 17.4 Å². The van der Waals surface area contributed by atoms with E-state index < -0.39 is 45.6 Å². The largest absolute Gasteiger partial charge is 0.473 e. The number of ether oxygens (including phenoxy) is 3. The molecule has 7 nitrogen and oxygen atoms in total. The van der Waals surface area contributed by atoms with Gasteiger partial charge in [-0.3, -0.25) is 4.57 Å². The standard InChI is InChI=1S/C24H19ClF5N3O4/c25-17-2-1-15(9-16(17)24(28,29)30)37-22-18(26)7-13(8-19(22)27)11-36-20-10-21-32-5-6-35-12-14(32)3-4-33(21)23(34)31-20/h1-2,7-10,14H,3-6,11-12H2. The van der Waals surface area contributed by atoms with E-state index in [1.165, 1.54) is 0 Å². The third kappa shape index (κ3) is 5.21. The van der Waals surface area contributed by atoms with Crippen LogP contribution in [-0.4, -0.2) is 35.4 Å². The van der Waals surface area contributed by atoms with Crippen LogP contribution in [0.2, 0.25) is 5.02 Å². The van der Waals surface area contributed by atoms with Gasteiger partial charge >= 0.3 is 11.9 Å². The molecule has 3 aromatic rings. The Hall–Kier alpha value is -3.38. The number of halogens is 6. The minimum absolute atomic E-state index is 0.00891. The van der Waals surface area contributed by atoms with Gasteiger partial charge in [-0.1, -0.05) is 11.6 Å². The van der Waals surface area contributed by atoms with Crippen molar-refractivity contribution in [2.45, 2.75) is 31.8 Å². The Morgan fingerprint density at radius 2 is 1.86 bits per heavy atom. The summed E-state index contributed by atoms with van der Waals surface area (Å²) in [4.78, 5) is 18.5. The van der Waals surface area contributed by atoms with Crippen LogP contribution in [0.15, 0.2) is 41.2 Å². The van der Waals surface area contributed by atoms with E-state index in [9.17, 15) is 26.7 Å². The number of fused-ring (bicyclic) bond motifs is 3. The highest BCUT2D eigenvalue weighted by atomic mass is 35.5. The second-order valence-electron chi connectivity index (χ2n) is 8.52. The molecule has 1 saturated heterocycles. The van der Waals surface area contributed by atoms with Crippen LogP contribution in [0.4, 0.5) is 27.8 Å². The Bertz CT molecular complexity index is 1370. The van der Waals surface area contributed by atoms with Gasteiger partial charge in [0.25, 0.3) is 0 Å². The number of morpholine rings is 1. The summed E-state index contributed by atoms with van der Waals surface area (Å²) in [5.41, 5.74) is -1.65. The van der Waals surface area contributed by atoms with Gasteiger partial charge in [-0.2, -0.15) is 18.2 Å². The summed E-state index contributed by atoms with van der Waals surface area (Å²) in [6.07, 6.45) is -4.03. The highest BCUT2D eigenvalue weighted by Crippen LogP contribution is 2.38. The van der Waals surface area contributed by atoms with Crippen molar-refractivity contribution in [2.24, 2.45) is 0 Å². The van der Waals surface area contributed by atoms with Crippen LogP contribution in [0, 0.1) is 11.6 Å². The molecule has 1 fully saturated rings. The normalized spacial score (nSPS) is 17.2. The topological polar surface area (TPSA) is 65.8 Å². The summed E-state index contributed by atoms with van der Waals surface area (Å²) >= 11 is 5.56. The van der Waals surface area contributed by atoms with Crippen LogP contribution in [0.3, 0.4) is 0 Å². The number of rotatable bonds is 5. The van der Waals surface area contributed by atoms with Gasteiger partial charge in [0, 0.05) is 19.2 Å². The fraction of sp³-hybridized carbons (Fsp3) is 0.333. The molecule has 2 aliphatic heterocycles. The summed E-state index contributed by atoms with van der Waals surface area (Å²) in [5.74, 6) is -3.02. The van der Waals surface area contributed by atoms with E-state index in [1.807, 2.05) is 0 Å². The van der Waals surface area contributed by atoms with Crippen LogP contribution >= 0.6 is 11.6 Å². The monoisotopic (exact) mass is 543 g/mol. The second kappa shape index (κ2) is 9.82. The molecule has 2 aromatic carbocycles. The van der Waals surface area contributed by atoms with Gasteiger partial charge in [-0.05, 0) is 42.3 Å². The molecule has 0 N–H and O–H groups in total. The lowest BCUT2D eigenvalue weighted by Crippen LogP contribution is -2.51. The van der Waals surface area contributed by atoms with Gasteiger partial charge < -0.3 is 19.1 Å². The maximum absolute atomic E-state index is 14.7. The summed E-state index contributed by atoms with van der Waals surface area (Å²) in [7, 11) is 0. The number of nitrogens with zero attached hydrogens (tertiary/aromatic N) is 3. The number of anilines is 1. The molecule has 37 heavy (non-hydrogen) atoms. The van der Waals surface area contributed by atoms with Crippen molar-refractivity contribution in [2.75, 3.05) is 24.7 Å².